The molecule has 2 aromatic heterocycles. The molecule has 0 atom stereocenters. The second-order valence-corrected chi connectivity index (χ2v) is 6.21. The Morgan fingerprint density at radius 3 is 2.88 bits per heavy atom. The molecule has 0 aliphatic carbocycles. The van der Waals surface area contributed by atoms with Crippen LogP contribution in [-0.2, 0) is 11.2 Å². The van der Waals surface area contributed by atoms with Gasteiger partial charge in [0.15, 0.2) is 0 Å². The van der Waals surface area contributed by atoms with Crippen LogP contribution in [0.15, 0.2) is 18.3 Å². The number of nitrogens with one attached hydrogen (secondary N) is 1. The molecule has 3 heterocycles. The fourth-order valence-corrected chi connectivity index (χ4v) is 3.11. The standard InChI is InChI=1S/C18H26N4O2/c1-3-16-14(2)22-13-15(5-6-17(22)20-16)18(23)19-7-4-8-21-9-11-24-12-10-21/h5-6,13H,3-4,7-12H2,1-2H3,(H,19,23). The maximum absolute atomic E-state index is 12.3. The number of aromatic nitrogens is 2. The Labute approximate surface area is 142 Å². The molecular formula is C18H26N4O2. The van der Waals surface area contributed by atoms with Gasteiger partial charge in [0.25, 0.3) is 5.91 Å². The summed E-state index contributed by atoms with van der Waals surface area (Å²) in [7, 11) is 0. The second-order valence-electron chi connectivity index (χ2n) is 6.21. The van der Waals surface area contributed by atoms with E-state index < -0.39 is 0 Å². The van der Waals surface area contributed by atoms with Crippen molar-refractivity contribution < 1.29 is 9.53 Å². The number of carbonyl (C=O) groups excluding carboxylic acids is 1. The lowest BCUT2D eigenvalue weighted by atomic mass is 10.2. The Hall–Kier alpha value is -1.92. The lowest BCUT2D eigenvalue weighted by Crippen LogP contribution is -2.38. The van der Waals surface area contributed by atoms with Gasteiger partial charge in [-0.1, -0.05) is 6.92 Å². The fourth-order valence-electron chi connectivity index (χ4n) is 3.11. The molecule has 2 aromatic rings. The van der Waals surface area contributed by atoms with Crippen molar-refractivity contribution in [1.29, 1.82) is 0 Å². The predicted molar refractivity (Wildman–Crippen MR) is 93.5 cm³/mol. The van der Waals surface area contributed by atoms with E-state index in [9.17, 15) is 4.79 Å². The first-order chi connectivity index (χ1) is 11.7. The minimum atomic E-state index is -0.0231. The van der Waals surface area contributed by atoms with Gasteiger partial charge in [-0.2, -0.15) is 0 Å². The second kappa shape index (κ2) is 7.77. The molecule has 0 radical (unpaired) electrons. The van der Waals surface area contributed by atoms with E-state index in [1.54, 1.807) is 0 Å². The zero-order valence-electron chi connectivity index (χ0n) is 14.5. The summed E-state index contributed by atoms with van der Waals surface area (Å²) < 4.78 is 7.34. The molecule has 24 heavy (non-hydrogen) atoms. The van der Waals surface area contributed by atoms with Crippen molar-refractivity contribution in [2.75, 3.05) is 39.4 Å². The Bertz CT molecular complexity index is 704. The highest BCUT2D eigenvalue weighted by Crippen LogP contribution is 2.13. The molecule has 1 saturated heterocycles. The number of morpholine rings is 1. The number of nitrogens with zero attached hydrogens (tertiary/aromatic N) is 3. The third-order valence-electron chi connectivity index (χ3n) is 4.59. The molecule has 3 rings (SSSR count). The Morgan fingerprint density at radius 1 is 1.33 bits per heavy atom. The van der Waals surface area contributed by atoms with Crippen molar-refractivity contribution in [1.82, 2.24) is 19.6 Å². The number of carbonyl (C=O) groups is 1. The van der Waals surface area contributed by atoms with Gasteiger partial charge in [0.1, 0.15) is 5.65 Å². The predicted octanol–water partition coefficient (Wildman–Crippen LogP) is 1.66. The smallest absolute Gasteiger partial charge is 0.252 e. The number of hydrogen-bond acceptors (Lipinski definition) is 4. The van der Waals surface area contributed by atoms with Crippen molar-refractivity contribution in [3.63, 3.8) is 0 Å². The number of pyridine rings is 1. The first kappa shape index (κ1) is 16.9. The minimum Gasteiger partial charge on any atom is -0.379 e. The molecule has 0 bridgehead atoms. The van der Waals surface area contributed by atoms with Gasteiger partial charge in [-0.15, -0.1) is 0 Å². The minimum absolute atomic E-state index is 0.0231. The maximum Gasteiger partial charge on any atom is 0.252 e. The molecule has 0 unspecified atom stereocenters. The van der Waals surface area contributed by atoms with Gasteiger partial charge in [-0.05, 0) is 38.4 Å². The molecule has 6 heteroatoms. The lowest BCUT2D eigenvalue weighted by Gasteiger charge is -2.26. The van der Waals surface area contributed by atoms with Gasteiger partial charge in [0.05, 0.1) is 24.5 Å². The van der Waals surface area contributed by atoms with E-state index in [1.807, 2.05) is 29.7 Å². The van der Waals surface area contributed by atoms with Gasteiger partial charge in [-0.25, -0.2) is 4.98 Å². The number of aryl methyl sites for hydroxylation is 2. The van der Waals surface area contributed by atoms with E-state index in [0.717, 1.165) is 62.7 Å². The number of ether oxygens (including phenoxy) is 1. The van der Waals surface area contributed by atoms with Crippen LogP contribution in [0.2, 0.25) is 0 Å². The van der Waals surface area contributed by atoms with Gasteiger partial charge in [0, 0.05) is 31.5 Å². The van der Waals surface area contributed by atoms with E-state index >= 15 is 0 Å². The maximum atomic E-state index is 12.3. The Kier molecular flexibility index (Phi) is 5.48. The van der Waals surface area contributed by atoms with Crippen molar-refractivity contribution in [3.05, 3.63) is 35.3 Å². The number of imidazole rings is 1. The Balaban J connectivity index is 1.54. The zero-order chi connectivity index (χ0) is 16.9. The van der Waals surface area contributed by atoms with Crippen LogP contribution in [0.4, 0.5) is 0 Å². The normalized spacial score (nSPS) is 15.8. The van der Waals surface area contributed by atoms with Gasteiger partial charge in [-0.3, -0.25) is 9.69 Å². The average molecular weight is 330 g/mol. The lowest BCUT2D eigenvalue weighted by molar-refractivity contribution is 0.0374. The summed E-state index contributed by atoms with van der Waals surface area (Å²) >= 11 is 0. The summed E-state index contributed by atoms with van der Waals surface area (Å²) in [4.78, 5) is 19.3. The van der Waals surface area contributed by atoms with E-state index in [-0.39, 0.29) is 5.91 Å². The molecule has 0 saturated carbocycles. The summed E-state index contributed by atoms with van der Waals surface area (Å²) in [6, 6.07) is 3.76. The molecule has 0 aromatic carbocycles. The molecule has 1 aliphatic heterocycles. The highest BCUT2D eigenvalue weighted by molar-refractivity contribution is 5.94. The van der Waals surface area contributed by atoms with E-state index in [4.69, 9.17) is 4.74 Å². The molecule has 0 spiro atoms. The molecule has 1 N–H and O–H groups in total. The van der Waals surface area contributed by atoms with E-state index in [0.29, 0.717) is 12.1 Å². The summed E-state index contributed by atoms with van der Waals surface area (Å²) in [5.74, 6) is -0.0231. The van der Waals surface area contributed by atoms with Gasteiger partial charge >= 0.3 is 0 Å². The SMILES string of the molecule is CCc1nc2ccc(C(=O)NCCCN3CCOCC3)cn2c1C. The number of hydrogen-bond donors (Lipinski definition) is 1. The Morgan fingerprint density at radius 2 is 2.12 bits per heavy atom. The summed E-state index contributed by atoms with van der Waals surface area (Å²) in [5.41, 5.74) is 3.76. The number of amides is 1. The summed E-state index contributed by atoms with van der Waals surface area (Å²) in [6.07, 6.45) is 3.74. The van der Waals surface area contributed by atoms with Crippen LogP contribution in [-0.4, -0.2) is 59.6 Å². The quantitative estimate of drug-likeness (QED) is 0.819. The van der Waals surface area contributed by atoms with Crippen LogP contribution >= 0.6 is 0 Å². The molecule has 130 valence electrons. The van der Waals surface area contributed by atoms with Gasteiger partial charge in [0.2, 0.25) is 0 Å². The van der Waals surface area contributed by atoms with Crippen LogP contribution in [0, 0.1) is 6.92 Å². The highest BCUT2D eigenvalue weighted by atomic mass is 16.5. The molecule has 1 aliphatic rings. The third kappa shape index (κ3) is 3.76. The van der Waals surface area contributed by atoms with Crippen LogP contribution in [0.3, 0.4) is 0 Å². The fraction of sp³-hybridized carbons (Fsp3) is 0.556. The molecular weight excluding hydrogens is 304 g/mol. The van der Waals surface area contributed by atoms with Crippen LogP contribution < -0.4 is 5.32 Å². The molecule has 1 amide bonds. The van der Waals surface area contributed by atoms with Crippen LogP contribution in [0.25, 0.3) is 5.65 Å². The monoisotopic (exact) mass is 330 g/mol. The molecule has 1 fully saturated rings. The first-order valence-corrected chi connectivity index (χ1v) is 8.75. The van der Waals surface area contributed by atoms with Crippen LogP contribution in [0.1, 0.15) is 35.1 Å². The first-order valence-electron chi connectivity index (χ1n) is 8.75. The van der Waals surface area contributed by atoms with Crippen molar-refractivity contribution >= 4 is 11.6 Å². The number of rotatable bonds is 6. The highest BCUT2D eigenvalue weighted by Gasteiger charge is 2.12. The molecule has 6 nitrogen and oxygen atoms in total. The van der Waals surface area contributed by atoms with Crippen molar-refractivity contribution in [2.24, 2.45) is 0 Å². The van der Waals surface area contributed by atoms with Gasteiger partial charge < -0.3 is 14.5 Å². The topological polar surface area (TPSA) is 58.9 Å². The zero-order valence-corrected chi connectivity index (χ0v) is 14.5. The van der Waals surface area contributed by atoms with Crippen LogP contribution in [0.5, 0.6) is 0 Å². The van der Waals surface area contributed by atoms with Crippen molar-refractivity contribution in [2.45, 2.75) is 26.7 Å². The van der Waals surface area contributed by atoms with Crippen molar-refractivity contribution in [3.8, 4) is 0 Å². The van der Waals surface area contributed by atoms with E-state index in [2.05, 4.69) is 22.1 Å². The van der Waals surface area contributed by atoms with E-state index in [1.165, 1.54) is 0 Å². The third-order valence-corrected chi connectivity index (χ3v) is 4.59. The average Bonchev–Trinajstić information content (AvgIpc) is 2.95. The summed E-state index contributed by atoms with van der Waals surface area (Å²) in [5, 5.41) is 3.01. The largest absolute Gasteiger partial charge is 0.379 e. The number of fused-ring (bicyclic) bond motifs is 1. The summed E-state index contributed by atoms with van der Waals surface area (Å²) in [6.45, 7) is 9.45.